The molecule has 5 heteroatoms. The van der Waals surface area contributed by atoms with Gasteiger partial charge in [0.15, 0.2) is 5.62 Å². The molecule has 0 unspecified atom stereocenters. The van der Waals surface area contributed by atoms with Gasteiger partial charge in [-0.15, -0.1) is 5.10 Å². The summed E-state index contributed by atoms with van der Waals surface area (Å²) in [6.45, 7) is 0. The molecular weight excluding hydrogens is 186 g/mol. The lowest BCUT2D eigenvalue weighted by molar-refractivity contribution is 0.570. The third kappa shape index (κ3) is 1.42. The molecule has 1 radical (unpaired) electrons. The van der Waals surface area contributed by atoms with Gasteiger partial charge in [0.05, 0.1) is 5.52 Å². The number of aryl methyl sites for hydroxylation is 1. The van der Waals surface area contributed by atoms with Crippen molar-refractivity contribution in [3.05, 3.63) is 18.2 Å². The molecule has 0 aliphatic heterocycles. The molecule has 1 heterocycles. The summed E-state index contributed by atoms with van der Waals surface area (Å²) in [6.07, 6.45) is 0. The van der Waals surface area contributed by atoms with Crippen LogP contribution in [-0.2, 0) is 11.8 Å². The minimum atomic E-state index is 0.689. The van der Waals surface area contributed by atoms with Crippen LogP contribution in [0.3, 0.4) is 0 Å². The zero-order valence-corrected chi connectivity index (χ0v) is 7.71. The highest BCUT2D eigenvalue weighted by Crippen LogP contribution is 2.18. The number of thioether (sulfide) groups is 1. The fourth-order valence-electron chi connectivity index (χ4n) is 1.07. The predicted molar refractivity (Wildman–Crippen MR) is 50.0 cm³/mol. The second-order valence-corrected chi connectivity index (χ2v) is 3.35. The second-order valence-electron chi connectivity index (χ2n) is 2.48. The van der Waals surface area contributed by atoms with Crippen molar-refractivity contribution in [2.24, 2.45) is 7.05 Å². The normalized spacial score (nSPS) is 10.5. The first-order valence-electron chi connectivity index (χ1n) is 3.63. The summed E-state index contributed by atoms with van der Waals surface area (Å²) in [5.41, 5.74) is 2.37. The Morgan fingerprint density at radius 1 is 1.62 bits per heavy atom. The fourth-order valence-corrected chi connectivity index (χ4v) is 1.48. The van der Waals surface area contributed by atoms with E-state index in [9.17, 15) is 4.79 Å². The molecule has 0 N–H and O–H groups in total. The van der Waals surface area contributed by atoms with E-state index in [-0.39, 0.29) is 0 Å². The summed E-state index contributed by atoms with van der Waals surface area (Å²) >= 11 is 1.09. The van der Waals surface area contributed by atoms with Crippen LogP contribution in [0.2, 0.25) is 0 Å². The smallest absolute Gasteiger partial charge is 0.180 e. The molecule has 13 heavy (non-hydrogen) atoms. The maximum absolute atomic E-state index is 10.2. The SMILES string of the molecule is Cn1nnc2[c]c(SC=O)ccc21. The number of hydrogen-bond donors (Lipinski definition) is 0. The third-order valence-electron chi connectivity index (χ3n) is 1.68. The van der Waals surface area contributed by atoms with Crippen LogP contribution in [0, 0.1) is 6.07 Å². The van der Waals surface area contributed by atoms with E-state index in [1.165, 1.54) is 0 Å². The van der Waals surface area contributed by atoms with Crippen molar-refractivity contribution in [2.45, 2.75) is 4.90 Å². The van der Waals surface area contributed by atoms with Gasteiger partial charge in [-0.2, -0.15) is 0 Å². The van der Waals surface area contributed by atoms with Crippen LogP contribution in [0.25, 0.3) is 11.0 Å². The van der Waals surface area contributed by atoms with Crippen molar-refractivity contribution in [3.8, 4) is 0 Å². The Balaban J connectivity index is 2.56. The van der Waals surface area contributed by atoms with Crippen LogP contribution in [0.15, 0.2) is 17.0 Å². The van der Waals surface area contributed by atoms with Gasteiger partial charge in [0.25, 0.3) is 0 Å². The summed E-state index contributed by atoms with van der Waals surface area (Å²) in [5, 5.41) is 7.72. The van der Waals surface area contributed by atoms with Crippen LogP contribution in [0.4, 0.5) is 0 Å². The predicted octanol–water partition coefficient (Wildman–Crippen LogP) is 1.05. The van der Waals surface area contributed by atoms with Crippen molar-refractivity contribution < 1.29 is 4.79 Å². The van der Waals surface area contributed by atoms with Crippen LogP contribution >= 0.6 is 11.8 Å². The highest BCUT2D eigenvalue weighted by molar-refractivity contribution is 8.11. The van der Waals surface area contributed by atoms with Crippen LogP contribution in [-0.4, -0.2) is 20.6 Å². The molecule has 0 aliphatic rings. The average molecular weight is 192 g/mol. The fraction of sp³-hybridized carbons (Fsp3) is 0.125. The second kappa shape index (κ2) is 3.18. The monoisotopic (exact) mass is 192 g/mol. The summed E-state index contributed by atoms with van der Waals surface area (Å²) in [6, 6.07) is 6.68. The zero-order valence-electron chi connectivity index (χ0n) is 6.89. The lowest BCUT2D eigenvalue weighted by Gasteiger charge is -1.93. The highest BCUT2D eigenvalue weighted by Gasteiger charge is 2.02. The quantitative estimate of drug-likeness (QED) is 0.527. The van der Waals surface area contributed by atoms with E-state index in [1.54, 1.807) is 4.68 Å². The molecule has 2 rings (SSSR count). The molecule has 0 atom stereocenters. The summed E-state index contributed by atoms with van der Waals surface area (Å²) in [4.78, 5) is 11.0. The molecule has 0 aliphatic carbocycles. The number of aromatic nitrogens is 3. The molecule has 0 amide bonds. The van der Waals surface area contributed by atoms with Crippen molar-refractivity contribution in [1.29, 1.82) is 0 Å². The van der Waals surface area contributed by atoms with Crippen molar-refractivity contribution in [1.82, 2.24) is 15.0 Å². The first-order valence-corrected chi connectivity index (χ1v) is 4.51. The molecule has 2 aromatic rings. The summed E-state index contributed by atoms with van der Waals surface area (Å²) in [5.74, 6) is 0. The van der Waals surface area contributed by atoms with Gasteiger partial charge in [-0.3, -0.25) is 4.79 Å². The van der Waals surface area contributed by atoms with Gasteiger partial charge in [0.2, 0.25) is 0 Å². The van der Waals surface area contributed by atoms with Crippen LogP contribution in [0.5, 0.6) is 0 Å². The lowest BCUT2D eigenvalue weighted by atomic mass is 10.3. The summed E-state index contributed by atoms with van der Waals surface area (Å²) < 4.78 is 1.67. The molecule has 0 bridgehead atoms. The first kappa shape index (κ1) is 8.25. The Morgan fingerprint density at radius 2 is 2.46 bits per heavy atom. The number of hydrogen-bond acceptors (Lipinski definition) is 4. The molecule has 1 aromatic carbocycles. The number of fused-ring (bicyclic) bond motifs is 1. The lowest BCUT2D eigenvalue weighted by Crippen LogP contribution is -1.88. The Bertz CT molecular complexity index is 452. The van der Waals surface area contributed by atoms with E-state index >= 15 is 0 Å². The maximum atomic E-state index is 10.2. The Kier molecular flexibility index (Phi) is 2.02. The van der Waals surface area contributed by atoms with Crippen LogP contribution < -0.4 is 0 Å². The largest absolute Gasteiger partial charge is 0.291 e. The van der Waals surface area contributed by atoms with Crippen molar-refractivity contribution >= 4 is 28.4 Å². The first-order chi connectivity index (χ1) is 6.31. The Labute approximate surface area is 78.9 Å². The van der Waals surface area contributed by atoms with Gasteiger partial charge < -0.3 is 0 Å². The highest BCUT2D eigenvalue weighted by atomic mass is 32.2. The molecule has 1 aromatic heterocycles. The summed E-state index contributed by atoms with van der Waals surface area (Å²) in [7, 11) is 1.82. The topological polar surface area (TPSA) is 47.8 Å². The molecular formula is C8H6N3OS. The maximum Gasteiger partial charge on any atom is 0.180 e. The van der Waals surface area contributed by atoms with E-state index < -0.39 is 0 Å². The minimum Gasteiger partial charge on any atom is -0.291 e. The number of carbonyl (C=O) groups excluding carboxylic acids is 1. The standard InChI is InChI=1S/C8H6N3OS/c1-11-8-3-2-6(13-5-12)4-7(8)9-10-11/h2-3,5H,1H3. The number of rotatable bonds is 2. The Morgan fingerprint density at radius 3 is 3.23 bits per heavy atom. The zero-order chi connectivity index (χ0) is 9.26. The number of nitrogens with zero attached hydrogens (tertiary/aromatic N) is 3. The van der Waals surface area contributed by atoms with Gasteiger partial charge in [0, 0.05) is 18.0 Å². The van der Waals surface area contributed by atoms with E-state index in [0.29, 0.717) is 5.52 Å². The van der Waals surface area contributed by atoms with Gasteiger partial charge in [-0.1, -0.05) is 17.0 Å². The van der Waals surface area contributed by atoms with Crippen molar-refractivity contribution in [2.75, 3.05) is 0 Å². The van der Waals surface area contributed by atoms with E-state index in [1.807, 2.05) is 19.2 Å². The average Bonchev–Trinajstić information content (AvgIpc) is 2.48. The van der Waals surface area contributed by atoms with Gasteiger partial charge in [0.1, 0.15) is 5.52 Å². The van der Waals surface area contributed by atoms with Crippen molar-refractivity contribution in [3.63, 3.8) is 0 Å². The molecule has 4 nitrogen and oxygen atoms in total. The molecule has 0 spiro atoms. The molecule has 0 fully saturated rings. The molecule has 65 valence electrons. The number of benzene rings is 1. The van der Waals surface area contributed by atoms with E-state index in [4.69, 9.17) is 0 Å². The van der Waals surface area contributed by atoms with Crippen LogP contribution in [0.1, 0.15) is 0 Å². The van der Waals surface area contributed by atoms with Gasteiger partial charge in [-0.25, -0.2) is 4.68 Å². The van der Waals surface area contributed by atoms with Gasteiger partial charge in [-0.05, 0) is 12.1 Å². The molecule has 0 saturated heterocycles. The van der Waals surface area contributed by atoms with E-state index in [2.05, 4.69) is 16.4 Å². The minimum absolute atomic E-state index is 0.689. The number of carbonyl (C=O) groups is 1. The molecule has 0 saturated carbocycles. The van der Waals surface area contributed by atoms with Gasteiger partial charge >= 0.3 is 0 Å². The Hall–Kier alpha value is -1.36. The van der Waals surface area contributed by atoms with E-state index in [0.717, 1.165) is 27.8 Å². The third-order valence-corrected chi connectivity index (χ3v) is 2.27.